The first-order valence-electron chi connectivity index (χ1n) is 14.3. The van der Waals surface area contributed by atoms with Gasteiger partial charge in [0.15, 0.2) is 0 Å². The maximum absolute atomic E-state index is 13.6. The van der Waals surface area contributed by atoms with E-state index in [1.807, 2.05) is 24.4 Å². The molecule has 2 atom stereocenters. The van der Waals surface area contributed by atoms with Gasteiger partial charge in [-0.15, -0.1) is 0 Å². The highest BCUT2D eigenvalue weighted by Gasteiger charge is 2.38. The second kappa shape index (κ2) is 11.3. The van der Waals surface area contributed by atoms with Crippen molar-refractivity contribution in [2.45, 2.75) is 75.0 Å². The summed E-state index contributed by atoms with van der Waals surface area (Å²) in [5.74, 6) is -0.0990. The SMILES string of the molecule is O=C(CC1c2cccn2CCN1S(=O)(=O)c1ccccc1)NC1CCc2cc(CN3CCCCC3)ccc2C1. The number of carbonyl (C=O) groups excluding carboxylic acids is 1. The van der Waals surface area contributed by atoms with Crippen LogP contribution in [0.4, 0.5) is 0 Å². The Bertz CT molecular complexity index is 1410. The second-order valence-electron chi connectivity index (χ2n) is 11.2. The van der Waals surface area contributed by atoms with Gasteiger partial charge in [0.1, 0.15) is 0 Å². The summed E-state index contributed by atoms with van der Waals surface area (Å²) < 4.78 is 30.7. The van der Waals surface area contributed by atoms with Crippen molar-refractivity contribution in [3.63, 3.8) is 0 Å². The van der Waals surface area contributed by atoms with Crippen molar-refractivity contribution in [3.05, 3.63) is 89.2 Å². The molecule has 1 saturated heterocycles. The van der Waals surface area contributed by atoms with Crippen LogP contribution in [0.1, 0.15) is 60.5 Å². The molecular formula is C31H38N4O3S. The van der Waals surface area contributed by atoms with E-state index >= 15 is 0 Å². The van der Waals surface area contributed by atoms with Crippen LogP contribution >= 0.6 is 0 Å². The molecule has 3 heterocycles. The lowest BCUT2D eigenvalue weighted by Crippen LogP contribution is -2.45. The maximum Gasteiger partial charge on any atom is 0.243 e. The van der Waals surface area contributed by atoms with E-state index in [0.29, 0.717) is 13.1 Å². The lowest BCUT2D eigenvalue weighted by molar-refractivity contribution is -0.123. The van der Waals surface area contributed by atoms with Crippen LogP contribution in [0.5, 0.6) is 0 Å². The number of likely N-dealkylation sites (tertiary alicyclic amines) is 1. The van der Waals surface area contributed by atoms with Crippen molar-refractivity contribution in [2.75, 3.05) is 19.6 Å². The number of benzene rings is 2. The summed E-state index contributed by atoms with van der Waals surface area (Å²) in [4.78, 5) is 16.2. The van der Waals surface area contributed by atoms with E-state index in [1.54, 1.807) is 24.3 Å². The number of piperidine rings is 1. The quantitative estimate of drug-likeness (QED) is 0.480. The Morgan fingerprint density at radius 1 is 0.897 bits per heavy atom. The molecule has 1 fully saturated rings. The smallest absolute Gasteiger partial charge is 0.243 e. The molecule has 2 unspecified atom stereocenters. The van der Waals surface area contributed by atoms with Gasteiger partial charge in [-0.05, 0) is 86.1 Å². The largest absolute Gasteiger partial charge is 0.353 e. The van der Waals surface area contributed by atoms with Gasteiger partial charge >= 0.3 is 0 Å². The minimum atomic E-state index is -3.73. The molecule has 2 aliphatic heterocycles. The minimum Gasteiger partial charge on any atom is -0.353 e. The molecule has 1 aromatic heterocycles. The van der Waals surface area contributed by atoms with E-state index in [1.165, 1.54) is 53.3 Å². The van der Waals surface area contributed by atoms with Crippen molar-refractivity contribution in [1.29, 1.82) is 0 Å². The van der Waals surface area contributed by atoms with E-state index in [0.717, 1.165) is 31.5 Å². The van der Waals surface area contributed by atoms with Crippen LogP contribution in [-0.2, 0) is 40.7 Å². The van der Waals surface area contributed by atoms with Crippen LogP contribution in [0.15, 0.2) is 71.8 Å². The van der Waals surface area contributed by atoms with E-state index < -0.39 is 16.1 Å². The summed E-state index contributed by atoms with van der Waals surface area (Å²) >= 11 is 0. The van der Waals surface area contributed by atoms with Crippen molar-refractivity contribution in [3.8, 4) is 0 Å². The molecule has 206 valence electrons. The molecule has 2 aromatic carbocycles. The number of carbonyl (C=O) groups is 1. The van der Waals surface area contributed by atoms with Gasteiger partial charge in [-0.1, -0.05) is 42.8 Å². The van der Waals surface area contributed by atoms with Crippen LogP contribution in [-0.4, -0.2) is 53.8 Å². The van der Waals surface area contributed by atoms with Gasteiger partial charge in [0.05, 0.1) is 10.9 Å². The fourth-order valence-electron chi connectivity index (χ4n) is 6.53. The molecule has 6 rings (SSSR count). The topological polar surface area (TPSA) is 74.6 Å². The van der Waals surface area contributed by atoms with Crippen molar-refractivity contribution < 1.29 is 13.2 Å². The lowest BCUT2D eigenvalue weighted by atomic mass is 9.87. The van der Waals surface area contributed by atoms with Crippen LogP contribution in [0.2, 0.25) is 0 Å². The zero-order chi connectivity index (χ0) is 26.8. The number of aromatic nitrogens is 1. The molecule has 39 heavy (non-hydrogen) atoms. The van der Waals surface area contributed by atoms with Crippen LogP contribution in [0.3, 0.4) is 0 Å². The number of nitrogens with one attached hydrogen (secondary N) is 1. The normalized spacial score (nSPS) is 22.2. The van der Waals surface area contributed by atoms with E-state index in [9.17, 15) is 13.2 Å². The molecule has 3 aromatic rings. The zero-order valence-corrected chi connectivity index (χ0v) is 23.3. The third-order valence-corrected chi connectivity index (χ3v) is 10.5. The Labute approximate surface area is 231 Å². The first-order valence-corrected chi connectivity index (χ1v) is 15.8. The molecule has 1 amide bonds. The van der Waals surface area contributed by atoms with E-state index in [-0.39, 0.29) is 23.3 Å². The molecule has 0 bridgehead atoms. The average molecular weight is 547 g/mol. The minimum absolute atomic E-state index is 0.0625. The Kier molecular flexibility index (Phi) is 7.60. The summed E-state index contributed by atoms with van der Waals surface area (Å²) in [6.45, 7) is 4.33. The second-order valence-corrected chi connectivity index (χ2v) is 13.1. The summed E-state index contributed by atoms with van der Waals surface area (Å²) in [5, 5.41) is 3.24. The monoisotopic (exact) mass is 546 g/mol. The summed E-state index contributed by atoms with van der Waals surface area (Å²) in [6.07, 6.45) is 8.69. The van der Waals surface area contributed by atoms with Crippen LogP contribution in [0, 0.1) is 0 Å². The predicted octanol–water partition coefficient (Wildman–Crippen LogP) is 4.28. The summed E-state index contributed by atoms with van der Waals surface area (Å²) in [6, 6.07) is 18.8. The molecule has 8 heteroatoms. The molecule has 1 aliphatic carbocycles. The summed E-state index contributed by atoms with van der Waals surface area (Å²) in [5.41, 5.74) is 4.97. The standard InChI is InChI=1S/C31H38N4O3S/c36-31(32-27-14-13-25-20-24(11-12-26(25)21-27)23-33-15-5-2-6-16-33)22-30-29-10-7-17-34(29)18-19-35(30)39(37,38)28-8-3-1-4-9-28/h1,3-4,7-12,17,20,27,30H,2,5-6,13-16,18-19,21-23H2,(H,32,36). The predicted molar refractivity (Wildman–Crippen MR) is 152 cm³/mol. The number of hydrogen-bond acceptors (Lipinski definition) is 4. The third kappa shape index (κ3) is 5.69. The Morgan fingerprint density at radius 3 is 2.54 bits per heavy atom. The van der Waals surface area contributed by atoms with Crippen molar-refractivity contribution in [1.82, 2.24) is 19.1 Å². The van der Waals surface area contributed by atoms with Gasteiger partial charge in [-0.2, -0.15) is 4.31 Å². The first-order chi connectivity index (χ1) is 19.0. The zero-order valence-electron chi connectivity index (χ0n) is 22.5. The summed E-state index contributed by atoms with van der Waals surface area (Å²) in [7, 11) is -3.73. The average Bonchev–Trinajstić information content (AvgIpc) is 3.44. The highest BCUT2D eigenvalue weighted by atomic mass is 32.2. The molecule has 0 radical (unpaired) electrons. The fourth-order valence-corrected chi connectivity index (χ4v) is 8.14. The molecule has 0 spiro atoms. The molecule has 7 nitrogen and oxygen atoms in total. The van der Waals surface area contributed by atoms with Crippen molar-refractivity contribution >= 4 is 15.9 Å². The first kappa shape index (κ1) is 26.3. The number of nitrogens with zero attached hydrogens (tertiary/aromatic N) is 3. The van der Waals surface area contributed by atoms with Gasteiger partial charge in [0.2, 0.25) is 15.9 Å². The van der Waals surface area contributed by atoms with E-state index in [4.69, 9.17) is 0 Å². The third-order valence-electron chi connectivity index (χ3n) is 8.56. The maximum atomic E-state index is 13.6. The molecular weight excluding hydrogens is 508 g/mol. The Balaban J connectivity index is 1.12. The number of aryl methyl sites for hydroxylation is 1. The Morgan fingerprint density at radius 2 is 1.72 bits per heavy atom. The number of hydrogen-bond donors (Lipinski definition) is 1. The highest BCUT2D eigenvalue weighted by molar-refractivity contribution is 7.89. The fraction of sp³-hybridized carbons (Fsp3) is 0.452. The van der Waals surface area contributed by atoms with Crippen LogP contribution < -0.4 is 5.32 Å². The van der Waals surface area contributed by atoms with Gasteiger partial charge in [-0.3, -0.25) is 9.69 Å². The van der Waals surface area contributed by atoms with Crippen molar-refractivity contribution in [2.24, 2.45) is 0 Å². The molecule has 1 N–H and O–H groups in total. The highest BCUT2D eigenvalue weighted by Crippen LogP contribution is 2.34. The Hall–Kier alpha value is -2.94. The molecule has 3 aliphatic rings. The van der Waals surface area contributed by atoms with E-state index in [2.05, 4.69) is 33.0 Å². The number of rotatable bonds is 7. The number of fused-ring (bicyclic) bond motifs is 2. The van der Waals surface area contributed by atoms with Crippen LogP contribution in [0.25, 0.3) is 0 Å². The van der Waals surface area contributed by atoms with Gasteiger partial charge in [-0.25, -0.2) is 8.42 Å². The van der Waals surface area contributed by atoms with Gasteiger partial charge in [0.25, 0.3) is 0 Å². The molecule has 0 saturated carbocycles. The number of amides is 1. The van der Waals surface area contributed by atoms with Gasteiger partial charge < -0.3 is 9.88 Å². The van der Waals surface area contributed by atoms with Gasteiger partial charge in [0, 0.05) is 44.0 Å². The lowest BCUT2D eigenvalue weighted by Gasteiger charge is -2.36. The number of sulfonamides is 1.